The van der Waals surface area contributed by atoms with Gasteiger partial charge < -0.3 is 24.1 Å². The SMILES string of the molecule is c1cnc(N2CCOCC2)c(CNCc2ccc([C@@H]3CCCCO3)o2)c1. The predicted octanol–water partition coefficient (Wildman–Crippen LogP) is 3.04. The average molecular weight is 357 g/mol. The van der Waals surface area contributed by atoms with E-state index in [1.165, 1.54) is 12.0 Å². The van der Waals surface area contributed by atoms with Crippen LogP contribution in [0, 0.1) is 0 Å². The maximum Gasteiger partial charge on any atom is 0.133 e. The second kappa shape index (κ2) is 8.66. The molecule has 140 valence electrons. The second-order valence-corrected chi connectivity index (χ2v) is 6.85. The third-order valence-corrected chi connectivity index (χ3v) is 4.97. The molecule has 2 saturated heterocycles. The molecule has 2 aliphatic rings. The lowest BCUT2D eigenvalue weighted by molar-refractivity contribution is 0.00122. The van der Waals surface area contributed by atoms with Crippen molar-refractivity contribution in [1.29, 1.82) is 0 Å². The molecular formula is C20H27N3O3. The number of anilines is 1. The molecule has 2 fully saturated rings. The summed E-state index contributed by atoms with van der Waals surface area (Å²) in [5.41, 5.74) is 1.21. The Bertz CT molecular complexity index is 691. The fraction of sp³-hybridized carbons (Fsp3) is 0.550. The Morgan fingerprint density at radius 1 is 1.08 bits per heavy atom. The molecule has 0 bridgehead atoms. The van der Waals surface area contributed by atoms with Crippen molar-refractivity contribution in [2.45, 2.75) is 38.5 Å². The summed E-state index contributed by atoms with van der Waals surface area (Å²) in [4.78, 5) is 6.88. The van der Waals surface area contributed by atoms with E-state index < -0.39 is 0 Å². The summed E-state index contributed by atoms with van der Waals surface area (Å²) < 4.78 is 17.2. The number of rotatable bonds is 6. The molecule has 4 rings (SSSR count). The number of furan rings is 1. The summed E-state index contributed by atoms with van der Waals surface area (Å²) in [5.74, 6) is 2.96. The number of ether oxygens (including phenoxy) is 2. The van der Waals surface area contributed by atoms with Crippen molar-refractivity contribution in [3.8, 4) is 0 Å². The van der Waals surface area contributed by atoms with Crippen LogP contribution in [0.15, 0.2) is 34.9 Å². The van der Waals surface area contributed by atoms with Crippen LogP contribution in [0.25, 0.3) is 0 Å². The van der Waals surface area contributed by atoms with Crippen molar-refractivity contribution in [2.24, 2.45) is 0 Å². The molecule has 2 aromatic heterocycles. The Morgan fingerprint density at radius 3 is 2.85 bits per heavy atom. The lowest BCUT2D eigenvalue weighted by Gasteiger charge is -2.29. The van der Waals surface area contributed by atoms with E-state index in [4.69, 9.17) is 13.9 Å². The molecule has 2 aromatic rings. The zero-order chi connectivity index (χ0) is 17.6. The summed E-state index contributed by atoms with van der Waals surface area (Å²) in [5, 5.41) is 3.48. The zero-order valence-electron chi connectivity index (χ0n) is 15.2. The van der Waals surface area contributed by atoms with Gasteiger partial charge in [-0.15, -0.1) is 0 Å². The fourth-order valence-electron chi connectivity index (χ4n) is 3.58. The number of pyridine rings is 1. The third kappa shape index (κ3) is 4.26. The standard InChI is InChI=1S/C20H27N3O3/c1-2-11-25-18(5-1)19-7-6-17(26-19)15-21-14-16-4-3-8-22-20(16)23-9-12-24-13-10-23/h3-4,6-8,18,21H,1-2,5,9-15H2/t18-/m0/s1. The van der Waals surface area contributed by atoms with Crippen LogP contribution in [-0.4, -0.2) is 37.9 Å². The van der Waals surface area contributed by atoms with Crippen LogP contribution in [0.1, 0.15) is 42.5 Å². The van der Waals surface area contributed by atoms with Gasteiger partial charge in [-0.25, -0.2) is 4.98 Å². The van der Waals surface area contributed by atoms with Crippen LogP contribution in [-0.2, 0) is 22.6 Å². The van der Waals surface area contributed by atoms with E-state index in [1.807, 2.05) is 18.3 Å². The molecule has 0 aromatic carbocycles. The molecule has 4 heterocycles. The molecule has 6 heteroatoms. The highest BCUT2D eigenvalue weighted by molar-refractivity contribution is 5.47. The molecule has 0 spiro atoms. The summed E-state index contributed by atoms with van der Waals surface area (Å²) in [6, 6.07) is 8.23. The van der Waals surface area contributed by atoms with Crippen molar-refractivity contribution < 1.29 is 13.9 Å². The number of morpholine rings is 1. The quantitative estimate of drug-likeness (QED) is 0.857. The summed E-state index contributed by atoms with van der Waals surface area (Å²) in [6.45, 7) is 5.62. The van der Waals surface area contributed by atoms with Crippen molar-refractivity contribution >= 4 is 5.82 Å². The van der Waals surface area contributed by atoms with Gasteiger partial charge in [-0.1, -0.05) is 6.07 Å². The smallest absolute Gasteiger partial charge is 0.133 e. The fourth-order valence-corrected chi connectivity index (χ4v) is 3.58. The monoisotopic (exact) mass is 357 g/mol. The van der Waals surface area contributed by atoms with Gasteiger partial charge in [0.1, 0.15) is 23.4 Å². The predicted molar refractivity (Wildman–Crippen MR) is 99.1 cm³/mol. The average Bonchev–Trinajstić information content (AvgIpc) is 3.19. The molecule has 6 nitrogen and oxygen atoms in total. The summed E-state index contributed by atoms with van der Waals surface area (Å²) in [6.07, 6.45) is 5.41. The summed E-state index contributed by atoms with van der Waals surface area (Å²) >= 11 is 0. The Balaban J connectivity index is 1.33. The van der Waals surface area contributed by atoms with Crippen LogP contribution < -0.4 is 10.2 Å². The maximum absolute atomic E-state index is 5.98. The van der Waals surface area contributed by atoms with E-state index in [0.717, 1.165) is 69.6 Å². The first kappa shape index (κ1) is 17.5. The van der Waals surface area contributed by atoms with Gasteiger partial charge in [0.25, 0.3) is 0 Å². The van der Waals surface area contributed by atoms with Crippen LogP contribution in [0.4, 0.5) is 5.82 Å². The maximum atomic E-state index is 5.98. The molecule has 26 heavy (non-hydrogen) atoms. The molecule has 0 amide bonds. The van der Waals surface area contributed by atoms with Gasteiger partial charge in [0, 0.05) is 38.0 Å². The molecule has 0 unspecified atom stereocenters. The normalized spacial score (nSPS) is 21.1. The lowest BCUT2D eigenvalue weighted by Crippen LogP contribution is -2.37. The highest BCUT2D eigenvalue weighted by atomic mass is 16.5. The van der Waals surface area contributed by atoms with Crippen LogP contribution in [0.3, 0.4) is 0 Å². The first-order valence-electron chi connectivity index (χ1n) is 9.58. The van der Waals surface area contributed by atoms with E-state index >= 15 is 0 Å². The van der Waals surface area contributed by atoms with E-state index in [0.29, 0.717) is 6.54 Å². The lowest BCUT2D eigenvalue weighted by atomic mass is 10.1. The number of nitrogens with zero attached hydrogens (tertiary/aromatic N) is 2. The van der Waals surface area contributed by atoms with E-state index in [9.17, 15) is 0 Å². The highest BCUT2D eigenvalue weighted by Gasteiger charge is 2.19. The largest absolute Gasteiger partial charge is 0.462 e. The minimum Gasteiger partial charge on any atom is -0.462 e. The second-order valence-electron chi connectivity index (χ2n) is 6.85. The Hall–Kier alpha value is -1.89. The first-order chi connectivity index (χ1) is 12.9. The Kier molecular flexibility index (Phi) is 5.84. The van der Waals surface area contributed by atoms with Crippen LogP contribution in [0.2, 0.25) is 0 Å². The minimum absolute atomic E-state index is 0.128. The molecule has 0 saturated carbocycles. The third-order valence-electron chi connectivity index (χ3n) is 4.97. The first-order valence-corrected chi connectivity index (χ1v) is 9.58. The highest BCUT2D eigenvalue weighted by Crippen LogP contribution is 2.29. The number of nitrogens with one attached hydrogen (secondary N) is 1. The van der Waals surface area contributed by atoms with E-state index in [2.05, 4.69) is 27.3 Å². The molecule has 0 radical (unpaired) electrons. The number of aromatic nitrogens is 1. The van der Waals surface area contributed by atoms with Crippen molar-refractivity contribution in [3.05, 3.63) is 47.5 Å². The topological polar surface area (TPSA) is 59.8 Å². The van der Waals surface area contributed by atoms with Crippen molar-refractivity contribution in [2.75, 3.05) is 37.8 Å². The van der Waals surface area contributed by atoms with E-state index in [-0.39, 0.29) is 6.10 Å². The van der Waals surface area contributed by atoms with Crippen LogP contribution >= 0.6 is 0 Å². The van der Waals surface area contributed by atoms with Crippen molar-refractivity contribution in [1.82, 2.24) is 10.3 Å². The molecule has 1 N–H and O–H groups in total. The molecule has 1 atom stereocenters. The minimum atomic E-state index is 0.128. The summed E-state index contributed by atoms with van der Waals surface area (Å²) in [7, 11) is 0. The van der Waals surface area contributed by atoms with Gasteiger partial charge >= 0.3 is 0 Å². The van der Waals surface area contributed by atoms with E-state index in [1.54, 1.807) is 0 Å². The van der Waals surface area contributed by atoms with Gasteiger partial charge in [-0.05, 0) is 37.5 Å². The van der Waals surface area contributed by atoms with Gasteiger partial charge in [-0.3, -0.25) is 0 Å². The van der Waals surface area contributed by atoms with Gasteiger partial charge in [-0.2, -0.15) is 0 Å². The Labute approximate surface area is 154 Å². The zero-order valence-corrected chi connectivity index (χ0v) is 15.2. The Morgan fingerprint density at radius 2 is 2.00 bits per heavy atom. The molecular weight excluding hydrogens is 330 g/mol. The van der Waals surface area contributed by atoms with Gasteiger partial charge in [0.05, 0.1) is 19.8 Å². The number of hydrogen-bond acceptors (Lipinski definition) is 6. The van der Waals surface area contributed by atoms with Crippen LogP contribution in [0.5, 0.6) is 0 Å². The van der Waals surface area contributed by atoms with Crippen molar-refractivity contribution in [3.63, 3.8) is 0 Å². The van der Waals surface area contributed by atoms with Gasteiger partial charge in [0.15, 0.2) is 0 Å². The molecule has 2 aliphatic heterocycles. The number of hydrogen-bond donors (Lipinski definition) is 1. The van der Waals surface area contributed by atoms with Gasteiger partial charge in [0.2, 0.25) is 0 Å². The molecule has 0 aliphatic carbocycles.